The highest BCUT2D eigenvalue weighted by Gasteiger charge is 2.07. The Morgan fingerprint density at radius 3 is 2.59 bits per heavy atom. The molecule has 0 bridgehead atoms. The highest BCUT2D eigenvalue weighted by Crippen LogP contribution is 2.12. The monoisotopic (exact) mass is 300 g/mol. The Bertz CT molecular complexity index is 714. The van der Waals surface area contributed by atoms with Crippen molar-refractivity contribution < 1.29 is 14.0 Å². The SMILES string of the molecule is CC(=O)Nc1cccc(C(=O)NCc2ccc(C)c(F)c2)c1. The van der Waals surface area contributed by atoms with Gasteiger partial charge in [0.1, 0.15) is 5.82 Å². The van der Waals surface area contributed by atoms with Gasteiger partial charge >= 0.3 is 0 Å². The number of hydrogen-bond donors (Lipinski definition) is 2. The number of benzene rings is 2. The van der Waals surface area contributed by atoms with E-state index in [1.165, 1.54) is 13.0 Å². The molecule has 0 aromatic heterocycles. The van der Waals surface area contributed by atoms with Gasteiger partial charge in [0.05, 0.1) is 0 Å². The van der Waals surface area contributed by atoms with Gasteiger partial charge in [-0.1, -0.05) is 18.2 Å². The number of halogens is 1. The van der Waals surface area contributed by atoms with E-state index in [1.54, 1.807) is 43.3 Å². The van der Waals surface area contributed by atoms with E-state index in [0.29, 0.717) is 22.4 Å². The van der Waals surface area contributed by atoms with Gasteiger partial charge in [-0.3, -0.25) is 9.59 Å². The zero-order valence-corrected chi connectivity index (χ0v) is 12.4. The van der Waals surface area contributed by atoms with E-state index in [2.05, 4.69) is 10.6 Å². The van der Waals surface area contributed by atoms with E-state index in [0.717, 1.165) is 0 Å². The van der Waals surface area contributed by atoms with Gasteiger partial charge in [0.2, 0.25) is 5.91 Å². The molecule has 0 saturated heterocycles. The van der Waals surface area contributed by atoms with Gasteiger partial charge in [-0.05, 0) is 42.3 Å². The fraction of sp³-hybridized carbons (Fsp3) is 0.176. The summed E-state index contributed by atoms with van der Waals surface area (Å²) in [5, 5.41) is 5.34. The summed E-state index contributed by atoms with van der Waals surface area (Å²) in [5.41, 5.74) is 2.24. The normalized spacial score (nSPS) is 10.1. The van der Waals surface area contributed by atoms with Crippen LogP contribution in [0, 0.1) is 12.7 Å². The van der Waals surface area contributed by atoms with Crippen LogP contribution in [0.15, 0.2) is 42.5 Å². The van der Waals surface area contributed by atoms with E-state index in [9.17, 15) is 14.0 Å². The third kappa shape index (κ3) is 4.15. The van der Waals surface area contributed by atoms with Gasteiger partial charge in [0.25, 0.3) is 5.91 Å². The van der Waals surface area contributed by atoms with E-state index < -0.39 is 0 Å². The lowest BCUT2D eigenvalue weighted by Gasteiger charge is -2.08. The highest BCUT2D eigenvalue weighted by atomic mass is 19.1. The Kier molecular flexibility index (Phi) is 4.88. The first kappa shape index (κ1) is 15.7. The van der Waals surface area contributed by atoms with Gasteiger partial charge in [-0.15, -0.1) is 0 Å². The van der Waals surface area contributed by atoms with Crippen LogP contribution in [-0.2, 0) is 11.3 Å². The number of carbonyl (C=O) groups excluding carboxylic acids is 2. The van der Waals surface area contributed by atoms with Crippen molar-refractivity contribution in [3.05, 3.63) is 65.0 Å². The predicted molar refractivity (Wildman–Crippen MR) is 83.1 cm³/mol. The fourth-order valence-electron chi connectivity index (χ4n) is 1.97. The van der Waals surface area contributed by atoms with E-state index >= 15 is 0 Å². The summed E-state index contributed by atoms with van der Waals surface area (Å²) in [6.45, 7) is 3.32. The maximum Gasteiger partial charge on any atom is 0.251 e. The predicted octanol–water partition coefficient (Wildman–Crippen LogP) is 3.02. The van der Waals surface area contributed by atoms with Crippen LogP contribution in [0.2, 0.25) is 0 Å². The zero-order valence-electron chi connectivity index (χ0n) is 12.4. The molecule has 0 heterocycles. The van der Waals surface area contributed by atoms with Gasteiger partial charge < -0.3 is 10.6 Å². The first-order valence-corrected chi connectivity index (χ1v) is 6.86. The average molecular weight is 300 g/mol. The van der Waals surface area contributed by atoms with E-state index in [4.69, 9.17) is 0 Å². The molecule has 2 rings (SSSR count). The highest BCUT2D eigenvalue weighted by molar-refractivity contribution is 5.96. The van der Waals surface area contributed by atoms with Crippen LogP contribution in [-0.4, -0.2) is 11.8 Å². The molecule has 2 amide bonds. The topological polar surface area (TPSA) is 58.2 Å². The lowest BCUT2D eigenvalue weighted by molar-refractivity contribution is -0.114. The van der Waals surface area contributed by atoms with Gasteiger partial charge in [-0.25, -0.2) is 4.39 Å². The Morgan fingerprint density at radius 1 is 1.14 bits per heavy atom. The molecule has 0 fully saturated rings. The van der Waals surface area contributed by atoms with Crippen molar-refractivity contribution in [1.29, 1.82) is 0 Å². The summed E-state index contributed by atoms with van der Waals surface area (Å²) < 4.78 is 13.4. The number of carbonyl (C=O) groups is 2. The molecule has 0 unspecified atom stereocenters. The van der Waals surface area contributed by atoms with Gasteiger partial charge in [0, 0.05) is 24.7 Å². The number of rotatable bonds is 4. The van der Waals surface area contributed by atoms with Crippen LogP contribution >= 0.6 is 0 Å². The fourth-order valence-corrected chi connectivity index (χ4v) is 1.97. The summed E-state index contributed by atoms with van der Waals surface area (Å²) in [5.74, 6) is -0.778. The number of nitrogens with one attached hydrogen (secondary N) is 2. The quantitative estimate of drug-likeness (QED) is 0.912. The number of aryl methyl sites for hydroxylation is 1. The average Bonchev–Trinajstić information content (AvgIpc) is 2.48. The van der Waals surface area contributed by atoms with E-state index in [1.807, 2.05) is 0 Å². The lowest BCUT2D eigenvalue weighted by Crippen LogP contribution is -2.23. The van der Waals surface area contributed by atoms with Gasteiger partial charge in [0.15, 0.2) is 0 Å². The Hall–Kier alpha value is -2.69. The van der Waals surface area contributed by atoms with Crippen LogP contribution < -0.4 is 10.6 Å². The first-order valence-electron chi connectivity index (χ1n) is 6.86. The van der Waals surface area contributed by atoms with Gasteiger partial charge in [-0.2, -0.15) is 0 Å². The molecule has 22 heavy (non-hydrogen) atoms. The van der Waals surface area contributed by atoms with Crippen molar-refractivity contribution in [2.45, 2.75) is 20.4 Å². The maximum absolute atomic E-state index is 13.4. The first-order chi connectivity index (χ1) is 10.5. The largest absolute Gasteiger partial charge is 0.348 e. The third-order valence-electron chi connectivity index (χ3n) is 3.13. The van der Waals surface area contributed by atoms with Crippen molar-refractivity contribution >= 4 is 17.5 Å². The third-order valence-corrected chi connectivity index (χ3v) is 3.13. The summed E-state index contributed by atoms with van der Waals surface area (Å²) in [6, 6.07) is 11.5. The second-order valence-electron chi connectivity index (χ2n) is 5.03. The molecule has 0 aliphatic rings. The number of amides is 2. The minimum atomic E-state index is -0.292. The van der Waals surface area contributed by atoms with Crippen LogP contribution in [0.5, 0.6) is 0 Å². The minimum Gasteiger partial charge on any atom is -0.348 e. The summed E-state index contributed by atoms with van der Waals surface area (Å²) >= 11 is 0. The standard InChI is InChI=1S/C17H17FN2O2/c1-11-6-7-13(8-16(11)18)10-19-17(22)14-4-3-5-15(9-14)20-12(2)21/h3-9H,10H2,1-2H3,(H,19,22)(H,20,21). The molecule has 5 heteroatoms. The molecular weight excluding hydrogens is 283 g/mol. The molecule has 0 aliphatic heterocycles. The molecule has 4 nitrogen and oxygen atoms in total. The smallest absolute Gasteiger partial charge is 0.251 e. The molecule has 0 spiro atoms. The van der Waals surface area contributed by atoms with Crippen molar-refractivity contribution in [3.8, 4) is 0 Å². The molecule has 2 aromatic rings. The summed E-state index contributed by atoms with van der Waals surface area (Å²) in [7, 11) is 0. The molecule has 2 aromatic carbocycles. The Balaban J connectivity index is 2.02. The van der Waals surface area contributed by atoms with Crippen LogP contribution in [0.1, 0.15) is 28.4 Å². The number of hydrogen-bond acceptors (Lipinski definition) is 2. The van der Waals surface area contributed by atoms with Crippen molar-refractivity contribution in [1.82, 2.24) is 5.32 Å². The second kappa shape index (κ2) is 6.85. The minimum absolute atomic E-state index is 0.201. The molecule has 0 radical (unpaired) electrons. The molecule has 0 aliphatic carbocycles. The Morgan fingerprint density at radius 2 is 1.91 bits per heavy atom. The zero-order chi connectivity index (χ0) is 16.1. The van der Waals surface area contributed by atoms with Crippen molar-refractivity contribution in [2.24, 2.45) is 0 Å². The molecule has 0 saturated carbocycles. The second-order valence-corrected chi connectivity index (χ2v) is 5.03. The van der Waals surface area contributed by atoms with Crippen LogP contribution in [0.25, 0.3) is 0 Å². The van der Waals surface area contributed by atoms with Crippen molar-refractivity contribution in [3.63, 3.8) is 0 Å². The maximum atomic E-state index is 13.4. The van der Waals surface area contributed by atoms with E-state index in [-0.39, 0.29) is 24.2 Å². The van der Waals surface area contributed by atoms with Crippen LogP contribution in [0.3, 0.4) is 0 Å². The summed E-state index contributed by atoms with van der Waals surface area (Å²) in [4.78, 5) is 23.1. The van der Waals surface area contributed by atoms with Crippen LogP contribution in [0.4, 0.5) is 10.1 Å². The molecule has 0 atom stereocenters. The molecule has 114 valence electrons. The number of anilines is 1. The summed E-state index contributed by atoms with van der Waals surface area (Å²) in [6.07, 6.45) is 0. The Labute approximate surface area is 128 Å². The molecule has 2 N–H and O–H groups in total. The molecular formula is C17H17FN2O2. The van der Waals surface area contributed by atoms with Crippen molar-refractivity contribution in [2.75, 3.05) is 5.32 Å². The lowest BCUT2D eigenvalue weighted by atomic mass is 10.1.